The summed E-state index contributed by atoms with van der Waals surface area (Å²) in [6, 6.07) is 7.02. The minimum Gasteiger partial charge on any atom is -0.477 e. The van der Waals surface area contributed by atoms with E-state index in [0.29, 0.717) is 17.9 Å². The van der Waals surface area contributed by atoms with Gasteiger partial charge in [-0.1, -0.05) is 12.1 Å². The lowest BCUT2D eigenvalue weighted by Gasteiger charge is -2.35. The highest BCUT2D eigenvalue weighted by atomic mass is 32.2. The maximum absolute atomic E-state index is 12.6. The predicted molar refractivity (Wildman–Crippen MR) is 88.7 cm³/mol. The van der Waals surface area contributed by atoms with E-state index in [4.69, 9.17) is 4.74 Å². The number of amides is 2. The Kier molecular flexibility index (Phi) is 4.03. The summed E-state index contributed by atoms with van der Waals surface area (Å²) in [5.74, 6) is -0.139. The van der Waals surface area contributed by atoms with Crippen molar-refractivity contribution >= 4 is 27.3 Å². The summed E-state index contributed by atoms with van der Waals surface area (Å²) < 4.78 is 29.1. The van der Waals surface area contributed by atoms with Gasteiger partial charge in [-0.2, -0.15) is 0 Å². The highest BCUT2D eigenvalue weighted by molar-refractivity contribution is 7.91. The van der Waals surface area contributed by atoms with Gasteiger partial charge in [-0.05, 0) is 25.5 Å². The highest BCUT2D eigenvalue weighted by Gasteiger charge is 2.42. The summed E-state index contributed by atoms with van der Waals surface area (Å²) in [4.78, 5) is 26.0. The van der Waals surface area contributed by atoms with E-state index in [1.807, 2.05) is 0 Å². The first-order chi connectivity index (χ1) is 11.2. The van der Waals surface area contributed by atoms with E-state index >= 15 is 0 Å². The summed E-state index contributed by atoms with van der Waals surface area (Å²) in [5, 5.41) is 2.79. The Morgan fingerprint density at radius 2 is 2.04 bits per heavy atom. The second-order valence-corrected chi connectivity index (χ2v) is 8.78. The van der Waals surface area contributed by atoms with Crippen LogP contribution in [0.15, 0.2) is 24.3 Å². The molecule has 0 radical (unpaired) electrons. The van der Waals surface area contributed by atoms with Crippen LogP contribution in [0.4, 0.5) is 5.69 Å². The average molecular weight is 352 g/mol. The molecule has 1 aromatic rings. The molecule has 0 unspecified atom stereocenters. The Morgan fingerprint density at radius 1 is 1.33 bits per heavy atom. The number of carbonyl (C=O) groups excluding carboxylic acids is 2. The Hall–Kier alpha value is -2.09. The molecule has 1 saturated heterocycles. The van der Waals surface area contributed by atoms with Gasteiger partial charge in [-0.15, -0.1) is 0 Å². The van der Waals surface area contributed by atoms with E-state index < -0.39 is 27.4 Å². The fourth-order valence-electron chi connectivity index (χ4n) is 3.16. The van der Waals surface area contributed by atoms with Crippen LogP contribution in [0.3, 0.4) is 0 Å². The molecule has 7 nitrogen and oxygen atoms in total. The fraction of sp³-hybridized carbons (Fsp3) is 0.500. The molecule has 0 aliphatic carbocycles. The summed E-state index contributed by atoms with van der Waals surface area (Å²) in [6.45, 7) is 3.25. The fourth-order valence-corrected chi connectivity index (χ4v) is 5.25. The third kappa shape index (κ3) is 3.24. The van der Waals surface area contributed by atoms with E-state index in [9.17, 15) is 18.0 Å². The first kappa shape index (κ1) is 16.8. The van der Waals surface area contributed by atoms with E-state index in [-0.39, 0.29) is 24.0 Å². The molecule has 2 atom stereocenters. The van der Waals surface area contributed by atoms with Gasteiger partial charge in [0.2, 0.25) is 5.91 Å². The number of hydrogen-bond donors (Lipinski definition) is 1. The summed E-state index contributed by atoms with van der Waals surface area (Å²) in [6.07, 6.45) is -0.496. The molecule has 24 heavy (non-hydrogen) atoms. The van der Waals surface area contributed by atoms with Crippen molar-refractivity contribution in [2.24, 2.45) is 0 Å². The Balaban J connectivity index is 1.78. The van der Waals surface area contributed by atoms with Crippen LogP contribution in [0.5, 0.6) is 5.75 Å². The van der Waals surface area contributed by atoms with Crippen LogP contribution in [0.25, 0.3) is 0 Å². The lowest BCUT2D eigenvalue weighted by Crippen LogP contribution is -2.56. The first-order valence-electron chi connectivity index (χ1n) is 7.75. The van der Waals surface area contributed by atoms with Crippen molar-refractivity contribution in [3.05, 3.63) is 24.3 Å². The van der Waals surface area contributed by atoms with Gasteiger partial charge in [-0.25, -0.2) is 8.42 Å². The Bertz CT molecular complexity index is 791. The first-order valence-corrected chi connectivity index (χ1v) is 9.57. The van der Waals surface area contributed by atoms with Gasteiger partial charge in [0.1, 0.15) is 5.75 Å². The maximum atomic E-state index is 12.6. The number of para-hydroxylation sites is 2. The van der Waals surface area contributed by atoms with E-state index in [0.717, 1.165) is 0 Å². The number of nitrogens with zero attached hydrogens (tertiary/aromatic N) is 1. The molecule has 1 fully saturated rings. The van der Waals surface area contributed by atoms with Crippen molar-refractivity contribution in [2.75, 3.05) is 23.0 Å². The second kappa shape index (κ2) is 5.77. The SMILES string of the molecule is CC(=O)N1C[C@@H](C(=O)N[C@@]2(C)CCS(=O)(=O)C2)Oc2ccccc21. The van der Waals surface area contributed by atoms with Crippen molar-refractivity contribution in [2.45, 2.75) is 31.9 Å². The van der Waals surface area contributed by atoms with Crippen LogP contribution < -0.4 is 15.0 Å². The van der Waals surface area contributed by atoms with Gasteiger partial charge < -0.3 is 15.0 Å². The average Bonchev–Trinajstić information content (AvgIpc) is 2.79. The number of ether oxygens (including phenoxy) is 1. The largest absolute Gasteiger partial charge is 0.477 e. The minimum atomic E-state index is -3.12. The zero-order chi connectivity index (χ0) is 17.5. The number of carbonyl (C=O) groups is 2. The third-order valence-electron chi connectivity index (χ3n) is 4.37. The predicted octanol–water partition coefficient (Wildman–Crippen LogP) is 0.494. The van der Waals surface area contributed by atoms with Crippen molar-refractivity contribution in [1.82, 2.24) is 5.32 Å². The minimum absolute atomic E-state index is 0.0672. The monoisotopic (exact) mass is 352 g/mol. The number of anilines is 1. The number of sulfone groups is 1. The molecule has 130 valence electrons. The molecule has 2 aliphatic rings. The van der Waals surface area contributed by atoms with Crippen LogP contribution in [-0.2, 0) is 19.4 Å². The highest BCUT2D eigenvalue weighted by Crippen LogP contribution is 2.33. The molecular weight excluding hydrogens is 332 g/mol. The molecule has 2 heterocycles. The van der Waals surface area contributed by atoms with Crippen molar-refractivity contribution in [1.29, 1.82) is 0 Å². The summed E-state index contributed by atoms with van der Waals surface area (Å²) in [5.41, 5.74) is -0.166. The van der Waals surface area contributed by atoms with Crippen molar-refractivity contribution < 1.29 is 22.7 Å². The molecule has 2 aliphatic heterocycles. The quantitative estimate of drug-likeness (QED) is 0.836. The van der Waals surface area contributed by atoms with Gasteiger partial charge in [-0.3, -0.25) is 9.59 Å². The van der Waals surface area contributed by atoms with Crippen LogP contribution in [0.1, 0.15) is 20.3 Å². The van der Waals surface area contributed by atoms with Crippen LogP contribution in [0, 0.1) is 0 Å². The number of fused-ring (bicyclic) bond motifs is 1. The summed E-state index contributed by atoms with van der Waals surface area (Å²) in [7, 11) is -3.12. The van der Waals surface area contributed by atoms with Gasteiger partial charge in [0.15, 0.2) is 15.9 Å². The molecule has 0 aromatic heterocycles. The molecule has 2 amide bonds. The molecule has 8 heteroatoms. The van der Waals surface area contributed by atoms with E-state index in [2.05, 4.69) is 5.32 Å². The molecule has 1 N–H and O–H groups in total. The zero-order valence-electron chi connectivity index (χ0n) is 13.6. The maximum Gasteiger partial charge on any atom is 0.263 e. The van der Waals surface area contributed by atoms with Crippen LogP contribution in [0.2, 0.25) is 0 Å². The molecule has 0 saturated carbocycles. The van der Waals surface area contributed by atoms with Gasteiger partial charge in [0.05, 0.1) is 29.3 Å². The normalized spacial score (nSPS) is 27.9. The number of hydrogen-bond acceptors (Lipinski definition) is 5. The number of rotatable bonds is 2. The molecule has 1 aromatic carbocycles. The topological polar surface area (TPSA) is 92.8 Å². The smallest absolute Gasteiger partial charge is 0.263 e. The standard InChI is InChI=1S/C16H20N2O5S/c1-11(19)18-9-14(23-13-6-4-3-5-12(13)18)15(20)17-16(2)7-8-24(21,22)10-16/h3-6,14H,7-10H2,1-2H3,(H,17,20)/t14-,16-/m0/s1. The second-order valence-electron chi connectivity index (χ2n) is 6.60. The number of nitrogens with one attached hydrogen (secondary N) is 1. The lowest BCUT2D eigenvalue weighted by molar-refractivity contribution is -0.129. The van der Waals surface area contributed by atoms with Crippen molar-refractivity contribution in [3.63, 3.8) is 0 Å². The molecule has 0 spiro atoms. The molecule has 3 rings (SSSR count). The van der Waals surface area contributed by atoms with Gasteiger partial charge in [0.25, 0.3) is 5.91 Å². The lowest BCUT2D eigenvalue weighted by atomic mass is 10.0. The molecule has 0 bridgehead atoms. The zero-order valence-corrected chi connectivity index (χ0v) is 14.4. The van der Waals surface area contributed by atoms with E-state index in [1.54, 1.807) is 31.2 Å². The molecular formula is C16H20N2O5S. The Labute approximate surface area is 140 Å². The van der Waals surface area contributed by atoms with Crippen LogP contribution >= 0.6 is 0 Å². The van der Waals surface area contributed by atoms with Gasteiger partial charge >= 0.3 is 0 Å². The Morgan fingerprint density at radius 3 is 2.67 bits per heavy atom. The van der Waals surface area contributed by atoms with E-state index in [1.165, 1.54) is 11.8 Å². The van der Waals surface area contributed by atoms with Gasteiger partial charge in [0, 0.05) is 6.92 Å². The summed E-state index contributed by atoms with van der Waals surface area (Å²) >= 11 is 0. The third-order valence-corrected chi connectivity index (χ3v) is 6.28. The van der Waals surface area contributed by atoms with Crippen molar-refractivity contribution in [3.8, 4) is 5.75 Å². The number of benzene rings is 1. The van der Waals surface area contributed by atoms with Crippen LogP contribution in [-0.4, -0.2) is 49.9 Å².